The van der Waals surface area contributed by atoms with Gasteiger partial charge in [0.2, 0.25) is 5.91 Å². The van der Waals surface area contributed by atoms with Crippen molar-refractivity contribution in [2.45, 2.75) is 39.5 Å². The summed E-state index contributed by atoms with van der Waals surface area (Å²) in [5.41, 5.74) is 1.14. The minimum Gasteiger partial charge on any atom is -0.343 e. The van der Waals surface area contributed by atoms with Crippen LogP contribution in [0.2, 0.25) is 0 Å². The Morgan fingerprint density at radius 1 is 1.00 bits per heavy atom. The van der Waals surface area contributed by atoms with Crippen LogP contribution >= 0.6 is 0 Å². The number of benzene rings is 1. The van der Waals surface area contributed by atoms with Crippen LogP contribution in [0.1, 0.15) is 38.7 Å². The Labute approximate surface area is 138 Å². The minimum absolute atomic E-state index is 0.0529. The number of nitrogens with zero attached hydrogens (tertiary/aromatic N) is 1. The van der Waals surface area contributed by atoms with Gasteiger partial charge in [-0.2, -0.15) is 0 Å². The molecule has 126 valence electrons. The molecule has 0 aliphatic carbocycles. The smallest absolute Gasteiger partial charge is 0.222 e. The molecule has 0 bridgehead atoms. The quantitative estimate of drug-likeness (QED) is 0.590. The molecule has 1 rings (SSSR count). The standard InChI is InChI=1S/C19H27NO3/c1-16(14-21)10-12-20(13-11-17(2)15-22)19(23)9-8-18-6-4-3-5-7-18/h3-7,14-17H,8-13H2,1-2H3. The first kappa shape index (κ1) is 19.1. The second kappa shape index (κ2) is 10.7. The van der Waals surface area contributed by atoms with Crippen molar-refractivity contribution in [3.05, 3.63) is 35.9 Å². The third kappa shape index (κ3) is 7.73. The van der Waals surface area contributed by atoms with Gasteiger partial charge < -0.3 is 14.5 Å². The summed E-state index contributed by atoms with van der Waals surface area (Å²) in [7, 11) is 0. The van der Waals surface area contributed by atoms with Crippen molar-refractivity contribution >= 4 is 18.5 Å². The SMILES string of the molecule is CC(C=O)CCN(CCC(C)C=O)C(=O)CCc1ccccc1. The topological polar surface area (TPSA) is 54.5 Å². The zero-order valence-electron chi connectivity index (χ0n) is 14.1. The van der Waals surface area contributed by atoms with Gasteiger partial charge in [0.1, 0.15) is 12.6 Å². The van der Waals surface area contributed by atoms with E-state index in [1.54, 1.807) is 4.90 Å². The van der Waals surface area contributed by atoms with Gasteiger partial charge in [-0.3, -0.25) is 4.79 Å². The molecule has 1 aromatic carbocycles. The second-order valence-corrected chi connectivity index (χ2v) is 6.17. The zero-order chi connectivity index (χ0) is 17.1. The maximum atomic E-state index is 12.5. The number of carbonyl (C=O) groups is 3. The van der Waals surface area contributed by atoms with E-state index in [0.717, 1.165) is 18.1 Å². The highest BCUT2D eigenvalue weighted by Gasteiger charge is 2.15. The molecule has 0 saturated heterocycles. The molecule has 2 unspecified atom stereocenters. The summed E-state index contributed by atoms with van der Waals surface area (Å²) < 4.78 is 0. The van der Waals surface area contributed by atoms with Crippen molar-refractivity contribution in [3.8, 4) is 0 Å². The molecule has 23 heavy (non-hydrogen) atoms. The number of rotatable bonds is 11. The van der Waals surface area contributed by atoms with Crippen LogP contribution in [0.5, 0.6) is 0 Å². The number of carbonyl (C=O) groups excluding carboxylic acids is 3. The lowest BCUT2D eigenvalue weighted by Gasteiger charge is -2.24. The van der Waals surface area contributed by atoms with Gasteiger partial charge in [-0.05, 0) is 24.8 Å². The predicted octanol–water partition coefficient (Wildman–Crippen LogP) is 2.90. The fraction of sp³-hybridized carbons (Fsp3) is 0.526. The summed E-state index contributed by atoms with van der Waals surface area (Å²) in [4.78, 5) is 35.8. The van der Waals surface area contributed by atoms with E-state index in [-0.39, 0.29) is 17.7 Å². The van der Waals surface area contributed by atoms with Crippen molar-refractivity contribution in [2.75, 3.05) is 13.1 Å². The van der Waals surface area contributed by atoms with E-state index < -0.39 is 0 Å². The molecule has 0 aromatic heterocycles. The maximum absolute atomic E-state index is 12.5. The molecule has 1 aromatic rings. The van der Waals surface area contributed by atoms with Gasteiger partial charge in [-0.15, -0.1) is 0 Å². The number of hydrogen-bond acceptors (Lipinski definition) is 3. The van der Waals surface area contributed by atoms with E-state index in [1.165, 1.54) is 0 Å². The Bertz CT molecular complexity index is 469. The predicted molar refractivity (Wildman–Crippen MR) is 91.0 cm³/mol. The molecular formula is C19H27NO3. The molecule has 0 aliphatic heterocycles. The maximum Gasteiger partial charge on any atom is 0.222 e. The van der Waals surface area contributed by atoms with Gasteiger partial charge >= 0.3 is 0 Å². The van der Waals surface area contributed by atoms with Gasteiger partial charge in [-0.1, -0.05) is 44.2 Å². The number of aryl methyl sites for hydroxylation is 1. The Morgan fingerprint density at radius 2 is 1.52 bits per heavy atom. The van der Waals surface area contributed by atoms with Crippen LogP contribution in [0.3, 0.4) is 0 Å². The summed E-state index contributed by atoms with van der Waals surface area (Å²) in [5.74, 6) is -0.0177. The van der Waals surface area contributed by atoms with Crippen LogP contribution in [0.4, 0.5) is 0 Å². The Hall–Kier alpha value is -1.97. The number of amides is 1. The minimum atomic E-state index is -0.0529. The van der Waals surface area contributed by atoms with Crippen molar-refractivity contribution < 1.29 is 14.4 Å². The van der Waals surface area contributed by atoms with Crippen LogP contribution < -0.4 is 0 Å². The van der Waals surface area contributed by atoms with Crippen LogP contribution in [0, 0.1) is 11.8 Å². The number of hydrogen-bond donors (Lipinski definition) is 0. The summed E-state index contributed by atoms with van der Waals surface area (Å²) >= 11 is 0. The number of aldehydes is 2. The molecule has 0 saturated carbocycles. The lowest BCUT2D eigenvalue weighted by molar-refractivity contribution is -0.132. The Morgan fingerprint density at radius 3 is 2.00 bits per heavy atom. The molecular weight excluding hydrogens is 290 g/mol. The normalized spacial score (nSPS) is 13.1. The van der Waals surface area contributed by atoms with Crippen molar-refractivity contribution in [1.29, 1.82) is 0 Å². The van der Waals surface area contributed by atoms with Crippen LogP contribution in [0.15, 0.2) is 30.3 Å². The fourth-order valence-corrected chi connectivity index (χ4v) is 2.27. The molecule has 1 amide bonds. The van der Waals surface area contributed by atoms with E-state index in [4.69, 9.17) is 0 Å². The van der Waals surface area contributed by atoms with Gasteiger partial charge in [0.25, 0.3) is 0 Å². The Kier molecular flexibility index (Phi) is 8.88. The molecule has 0 spiro atoms. The molecule has 0 radical (unpaired) electrons. The molecule has 0 aliphatic rings. The molecule has 0 N–H and O–H groups in total. The van der Waals surface area contributed by atoms with E-state index in [2.05, 4.69) is 0 Å². The largest absolute Gasteiger partial charge is 0.343 e. The van der Waals surface area contributed by atoms with Crippen LogP contribution in [-0.4, -0.2) is 36.5 Å². The monoisotopic (exact) mass is 317 g/mol. The average molecular weight is 317 g/mol. The van der Waals surface area contributed by atoms with E-state index in [9.17, 15) is 14.4 Å². The van der Waals surface area contributed by atoms with Gasteiger partial charge in [0, 0.05) is 31.3 Å². The summed E-state index contributed by atoms with van der Waals surface area (Å²) in [6.07, 6.45) is 4.32. The first-order valence-electron chi connectivity index (χ1n) is 8.29. The highest BCUT2D eigenvalue weighted by Crippen LogP contribution is 2.09. The van der Waals surface area contributed by atoms with Crippen LogP contribution in [-0.2, 0) is 20.8 Å². The van der Waals surface area contributed by atoms with Gasteiger partial charge in [-0.25, -0.2) is 0 Å². The molecule has 4 heteroatoms. The van der Waals surface area contributed by atoms with Gasteiger partial charge in [0.05, 0.1) is 0 Å². The van der Waals surface area contributed by atoms with Crippen molar-refractivity contribution in [1.82, 2.24) is 4.90 Å². The first-order chi connectivity index (χ1) is 11.1. The molecule has 0 heterocycles. The van der Waals surface area contributed by atoms with E-state index in [1.807, 2.05) is 44.2 Å². The highest BCUT2D eigenvalue weighted by molar-refractivity contribution is 5.76. The summed E-state index contributed by atoms with van der Waals surface area (Å²) in [5, 5.41) is 0. The zero-order valence-corrected chi connectivity index (χ0v) is 14.1. The summed E-state index contributed by atoms with van der Waals surface area (Å²) in [6, 6.07) is 9.92. The molecule has 0 fully saturated rings. The first-order valence-corrected chi connectivity index (χ1v) is 8.29. The highest BCUT2D eigenvalue weighted by atomic mass is 16.2. The van der Waals surface area contributed by atoms with Crippen LogP contribution in [0.25, 0.3) is 0 Å². The lowest BCUT2D eigenvalue weighted by atomic mass is 10.1. The fourth-order valence-electron chi connectivity index (χ4n) is 2.27. The second-order valence-electron chi connectivity index (χ2n) is 6.17. The summed E-state index contributed by atoms with van der Waals surface area (Å²) in [6.45, 7) is 4.85. The third-order valence-corrected chi connectivity index (χ3v) is 4.00. The third-order valence-electron chi connectivity index (χ3n) is 4.00. The van der Waals surface area contributed by atoms with E-state index in [0.29, 0.717) is 38.8 Å². The molecule has 2 atom stereocenters. The van der Waals surface area contributed by atoms with Gasteiger partial charge in [0.15, 0.2) is 0 Å². The van der Waals surface area contributed by atoms with Crippen molar-refractivity contribution in [2.24, 2.45) is 11.8 Å². The Balaban J connectivity index is 2.55. The average Bonchev–Trinajstić information content (AvgIpc) is 2.59. The van der Waals surface area contributed by atoms with Crippen molar-refractivity contribution in [3.63, 3.8) is 0 Å². The molecule has 4 nitrogen and oxygen atoms in total. The van der Waals surface area contributed by atoms with E-state index >= 15 is 0 Å². The lowest BCUT2D eigenvalue weighted by Crippen LogP contribution is -2.34.